The van der Waals surface area contributed by atoms with E-state index in [2.05, 4.69) is 23.5 Å². The molecule has 0 saturated carbocycles. The molecule has 2 rings (SSSR count). The van der Waals surface area contributed by atoms with E-state index in [9.17, 15) is 0 Å². The minimum Gasteiger partial charge on any atom is -0.493 e. The Labute approximate surface area is 114 Å². The molecule has 4 nitrogen and oxygen atoms in total. The lowest BCUT2D eigenvalue weighted by Gasteiger charge is -2.06. The van der Waals surface area contributed by atoms with Crippen LogP contribution in [0.15, 0.2) is 18.2 Å². The average Bonchev–Trinajstić information content (AvgIpc) is 2.89. The molecule has 0 spiro atoms. The molecule has 0 atom stereocenters. The molecule has 1 heterocycles. The third kappa shape index (κ3) is 4.82. The number of hydrogen-bond acceptors (Lipinski definition) is 4. The van der Waals surface area contributed by atoms with E-state index in [-0.39, 0.29) is 6.61 Å². The topological polar surface area (TPSA) is 50.7 Å². The van der Waals surface area contributed by atoms with E-state index in [0.29, 0.717) is 13.2 Å². The van der Waals surface area contributed by atoms with Gasteiger partial charge in [-0.15, -0.1) is 0 Å². The number of rotatable bonds is 9. The largest absolute Gasteiger partial charge is 0.493 e. The number of ether oxygens (including phenoxy) is 2. The third-order valence-corrected chi connectivity index (χ3v) is 3.22. The van der Waals surface area contributed by atoms with Gasteiger partial charge in [0.1, 0.15) is 5.75 Å². The van der Waals surface area contributed by atoms with Crippen molar-refractivity contribution in [1.29, 1.82) is 0 Å². The molecule has 0 amide bonds. The minimum absolute atomic E-state index is 0.107. The monoisotopic (exact) mass is 265 g/mol. The summed E-state index contributed by atoms with van der Waals surface area (Å²) in [6.07, 6.45) is 3.07. The Bertz CT molecular complexity index is 382. The predicted molar refractivity (Wildman–Crippen MR) is 74.7 cm³/mol. The second-order valence-electron chi connectivity index (χ2n) is 4.73. The highest BCUT2D eigenvalue weighted by molar-refractivity contribution is 5.39. The van der Waals surface area contributed by atoms with Gasteiger partial charge in [0.2, 0.25) is 0 Å². The molecule has 0 fully saturated rings. The number of fused-ring (bicyclic) bond motifs is 1. The summed E-state index contributed by atoms with van der Waals surface area (Å²) < 4.78 is 10.7. The summed E-state index contributed by atoms with van der Waals surface area (Å²) in [5, 5.41) is 12.0. The Kier molecular flexibility index (Phi) is 6.14. The number of nitrogens with one attached hydrogen (secondary N) is 1. The first-order valence-corrected chi connectivity index (χ1v) is 7.04. The van der Waals surface area contributed by atoms with Gasteiger partial charge in [0.25, 0.3) is 0 Å². The van der Waals surface area contributed by atoms with E-state index in [1.165, 1.54) is 11.1 Å². The molecular formula is C15H23NO3. The van der Waals surface area contributed by atoms with Crippen LogP contribution in [0.1, 0.15) is 17.5 Å². The van der Waals surface area contributed by atoms with Crippen molar-refractivity contribution in [2.75, 3.05) is 39.5 Å². The van der Waals surface area contributed by atoms with E-state index in [4.69, 9.17) is 14.6 Å². The zero-order valence-electron chi connectivity index (χ0n) is 11.4. The average molecular weight is 265 g/mol. The van der Waals surface area contributed by atoms with Crippen LogP contribution in [0.4, 0.5) is 0 Å². The molecule has 1 aliphatic heterocycles. The fourth-order valence-corrected chi connectivity index (χ4v) is 2.22. The summed E-state index contributed by atoms with van der Waals surface area (Å²) in [5.74, 6) is 1.05. The maximum Gasteiger partial charge on any atom is 0.122 e. The molecule has 1 aromatic carbocycles. The molecular weight excluding hydrogens is 242 g/mol. The summed E-state index contributed by atoms with van der Waals surface area (Å²) in [5.41, 5.74) is 2.71. The zero-order chi connectivity index (χ0) is 13.3. The summed E-state index contributed by atoms with van der Waals surface area (Å²) in [6, 6.07) is 6.49. The van der Waals surface area contributed by atoms with Crippen LogP contribution in [0.3, 0.4) is 0 Å². The van der Waals surface area contributed by atoms with Gasteiger partial charge >= 0.3 is 0 Å². The number of aliphatic hydroxyl groups is 1. The van der Waals surface area contributed by atoms with Gasteiger partial charge in [-0.2, -0.15) is 0 Å². The van der Waals surface area contributed by atoms with Crippen molar-refractivity contribution in [1.82, 2.24) is 5.32 Å². The van der Waals surface area contributed by atoms with Crippen LogP contribution >= 0.6 is 0 Å². The number of benzene rings is 1. The summed E-state index contributed by atoms with van der Waals surface area (Å²) in [6.45, 7) is 4.03. The Balaban J connectivity index is 1.56. The summed E-state index contributed by atoms with van der Waals surface area (Å²) >= 11 is 0. The molecule has 0 bridgehead atoms. The highest BCUT2D eigenvalue weighted by Gasteiger charge is 2.11. The van der Waals surface area contributed by atoms with Gasteiger partial charge in [-0.3, -0.25) is 0 Å². The normalized spacial score (nSPS) is 13.3. The Hall–Kier alpha value is -1.10. The predicted octanol–water partition coefficient (Wildman–Crippen LogP) is 1.15. The van der Waals surface area contributed by atoms with Gasteiger partial charge in [-0.05, 0) is 43.1 Å². The highest BCUT2D eigenvalue weighted by atomic mass is 16.5. The van der Waals surface area contributed by atoms with Crippen molar-refractivity contribution in [2.45, 2.75) is 19.3 Å². The molecule has 0 saturated heterocycles. The smallest absolute Gasteiger partial charge is 0.122 e. The fourth-order valence-electron chi connectivity index (χ4n) is 2.22. The Morgan fingerprint density at radius 3 is 3.11 bits per heavy atom. The van der Waals surface area contributed by atoms with Crippen LogP contribution < -0.4 is 10.1 Å². The lowest BCUT2D eigenvalue weighted by Crippen LogP contribution is -2.20. The first kappa shape index (κ1) is 14.3. The summed E-state index contributed by atoms with van der Waals surface area (Å²) in [7, 11) is 0. The van der Waals surface area contributed by atoms with Crippen molar-refractivity contribution in [3.05, 3.63) is 29.3 Å². The second kappa shape index (κ2) is 8.15. The van der Waals surface area contributed by atoms with Gasteiger partial charge in [-0.25, -0.2) is 0 Å². The van der Waals surface area contributed by atoms with Crippen LogP contribution in [-0.4, -0.2) is 44.6 Å². The van der Waals surface area contributed by atoms with Crippen molar-refractivity contribution < 1.29 is 14.6 Å². The maximum atomic E-state index is 8.55. The molecule has 19 heavy (non-hydrogen) atoms. The second-order valence-corrected chi connectivity index (χ2v) is 4.73. The molecule has 4 heteroatoms. The van der Waals surface area contributed by atoms with Gasteiger partial charge < -0.3 is 19.9 Å². The van der Waals surface area contributed by atoms with Crippen molar-refractivity contribution >= 4 is 0 Å². The first-order chi connectivity index (χ1) is 9.40. The highest BCUT2D eigenvalue weighted by Crippen LogP contribution is 2.25. The Morgan fingerprint density at radius 2 is 2.21 bits per heavy atom. The molecule has 0 unspecified atom stereocenters. The summed E-state index contributed by atoms with van der Waals surface area (Å²) in [4.78, 5) is 0. The van der Waals surface area contributed by atoms with Gasteiger partial charge in [-0.1, -0.05) is 12.1 Å². The minimum atomic E-state index is 0.107. The molecule has 0 radical (unpaired) electrons. The van der Waals surface area contributed by atoms with Gasteiger partial charge in [0, 0.05) is 13.0 Å². The molecule has 106 valence electrons. The van der Waals surface area contributed by atoms with E-state index in [1.54, 1.807) is 0 Å². The van der Waals surface area contributed by atoms with E-state index in [0.717, 1.165) is 44.7 Å². The van der Waals surface area contributed by atoms with E-state index >= 15 is 0 Å². The molecule has 0 aliphatic carbocycles. The quantitative estimate of drug-likeness (QED) is 0.658. The van der Waals surface area contributed by atoms with Crippen LogP contribution in [0.25, 0.3) is 0 Å². The van der Waals surface area contributed by atoms with E-state index < -0.39 is 0 Å². The molecule has 0 aromatic heterocycles. The molecule has 1 aromatic rings. The zero-order valence-corrected chi connectivity index (χ0v) is 11.4. The van der Waals surface area contributed by atoms with Crippen LogP contribution in [0, 0.1) is 0 Å². The van der Waals surface area contributed by atoms with Crippen molar-refractivity contribution in [3.8, 4) is 5.75 Å². The third-order valence-electron chi connectivity index (χ3n) is 3.22. The first-order valence-electron chi connectivity index (χ1n) is 7.04. The number of hydrogen-bond donors (Lipinski definition) is 2. The lowest BCUT2D eigenvalue weighted by molar-refractivity contribution is 0.0908. The van der Waals surface area contributed by atoms with Crippen LogP contribution in [0.2, 0.25) is 0 Å². The number of aliphatic hydroxyl groups excluding tert-OH is 1. The molecule has 2 N–H and O–H groups in total. The van der Waals surface area contributed by atoms with Gasteiger partial charge in [0.15, 0.2) is 0 Å². The molecule has 1 aliphatic rings. The van der Waals surface area contributed by atoms with Gasteiger partial charge in [0.05, 0.1) is 19.8 Å². The van der Waals surface area contributed by atoms with E-state index in [1.807, 2.05) is 0 Å². The fraction of sp³-hybridized carbons (Fsp3) is 0.600. The SMILES string of the molecule is OCCOCCCNCCc1ccc2c(c1)CCO2. The lowest BCUT2D eigenvalue weighted by atomic mass is 10.1. The van der Waals surface area contributed by atoms with Crippen molar-refractivity contribution in [2.24, 2.45) is 0 Å². The van der Waals surface area contributed by atoms with Crippen LogP contribution in [0.5, 0.6) is 5.75 Å². The van der Waals surface area contributed by atoms with Crippen molar-refractivity contribution in [3.63, 3.8) is 0 Å². The maximum absolute atomic E-state index is 8.55. The van der Waals surface area contributed by atoms with Crippen LogP contribution in [-0.2, 0) is 17.6 Å². The Morgan fingerprint density at radius 1 is 1.26 bits per heavy atom. The standard InChI is InChI=1S/C15H23NO3/c17-8-11-18-9-1-6-16-7-4-13-2-3-15-14(12-13)5-10-19-15/h2-3,12,16-17H,1,4-11H2.